The highest BCUT2D eigenvalue weighted by atomic mass is 16.8. The van der Waals surface area contributed by atoms with Crippen molar-refractivity contribution in [2.75, 3.05) is 6.61 Å². The van der Waals surface area contributed by atoms with E-state index >= 15 is 0 Å². The van der Waals surface area contributed by atoms with Crippen LogP contribution >= 0.6 is 0 Å². The molecule has 0 spiro atoms. The fourth-order valence-electron chi connectivity index (χ4n) is 2.79. The molecule has 1 aromatic carbocycles. The van der Waals surface area contributed by atoms with Crippen LogP contribution in [0.3, 0.4) is 0 Å². The summed E-state index contributed by atoms with van der Waals surface area (Å²) >= 11 is 0. The third kappa shape index (κ3) is 3.46. The summed E-state index contributed by atoms with van der Waals surface area (Å²) in [6.45, 7) is 9.12. The van der Waals surface area contributed by atoms with Crippen molar-refractivity contribution in [2.45, 2.75) is 64.0 Å². The van der Waals surface area contributed by atoms with Gasteiger partial charge in [-0.3, -0.25) is 0 Å². The van der Waals surface area contributed by atoms with Crippen molar-refractivity contribution in [3.63, 3.8) is 0 Å². The summed E-state index contributed by atoms with van der Waals surface area (Å²) in [4.78, 5) is 0. The Kier molecular flexibility index (Phi) is 3.82. The van der Waals surface area contributed by atoms with Crippen LogP contribution in [0.25, 0.3) is 0 Å². The number of hydrogen-bond acceptors (Lipinski definition) is 4. The Hall–Kier alpha value is -0.940. The molecule has 2 heterocycles. The van der Waals surface area contributed by atoms with Gasteiger partial charge in [-0.15, -0.1) is 0 Å². The van der Waals surface area contributed by atoms with Gasteiger partial charge >= 0.3 is 0 Å². The van der Waals surface area contributed by atoms with Crippen molar-refractivity contribution in [2.24, 2.45) is 0 Å². The van der Waals surface area contributed by atoms with E-state index in [9.17, 15) is 0 Å². The highest BCUT2D eigenvalue weighted by molar-refractivity contribution is 5.14. The Morgan fingerprint density at radius 2 is 1.81 bits per heavy atom. The predicted octanol–water partition coefficient (Wildman–Crippen LogP) is 2.90. The number of ether oxygens (including phenoxy) is 4. The zero-order valence-corrected chi connectivity index (χ0v) is 13.2. The molecule has 0 aromatic heterocycles. The van der Waals surface area contributed by atoms with E-state index in [4.69, 9.17) is 18.9 Å². The van der Waals surface area contributed by atoms with Gasteiger partial charge in [-0.25, -0.2) is 0 Å². The first-order chi connectivity index (χ1) is 9.87. The minimum Gasteiger partial charge on any atom is -0.368 e. The van der Waals surface area contributed by atoms with E-state index in [1.165, 1.54) is 0 Å². The second kappa shape index (κ2) is 5.36. The van der Waals surface area contributed by atoms with Gasteiger partial charge in [0.15, 0.2) is 5.79 Å². The van der Waals surface area contributed by atoms with Crippen LogP contribution in [0, 0.1) is 0 Å². The van der Waals surface area contributed by atoms with Crippen LogP contribution < -0.4 is 0 Å². The molecule has 0 N–H and O–H groups in total. The minimum absolute atomic E-state index is 0.0590. The van der Waals surface area contributed by atoms with Crippen LogP contribution in [-0.4, -0.2) is 36.3 Å². The molecule has 0 radical (unpaired) electrons. The first-order valence-corrected chi connectivity index (χ1v) is 7.52. The maximum absolute atomic E-state index is 6.13. The molecule has 2 aliphatic rings. The highest BCUT2D eigenvalue weighted by Crippen LogP contribution is 2.42. The maximum Gasteiger partial charge on any atom is 0.163 e. The van der Waals surface area contributed by atoms with Gasteiger partial charge in [-0.05, 0) is 33.3 Å². The van der Waals surface area contributed by atoms with E-state index in [0.29, 0.717) is 13.2 Å². The molecule has 4 nitrogen and oxygen atoms in total. The van der Waals surface area contributed by atoms with Gasteiger partial charge in [0, 0.05) is 0 Å². The lowest BCUT2D eigenvalue weighted by molar-refractivity contribution is -0.160. The molecule has 2 fully saturated rings. The molecule has 0 bridgehead atoms. The Bertz CT molecular complexity index is 483. The molecule has 3 rings (SSSR count). The molecular weight excluding hydrogens is 268 g/mol. The van der Waals surface area contributed by atoms with Gasteiger partial charge in [0.05, 0.1) is 18.8 Å². The molecule has 4 heteroatoms. The number of epoxide rings is 1. The summed E-state index contributed by atoms with van der Waals surface area (Å²) in [6, 6.07) is 10.2. The third-order valence-electron chi connectivity index (χ3n) is 4.04. The topological polar surface area (TPSA) is 40.2 Å². The smallest absolute Gasteiger partial charge is 0.163 e. The van der Waals surface area contributed by atoms with E-state index in [-0.39, 0.29) is 23.9 Å². The quantitative estimate of drug-likeness (QED) is 0.782. The van der Waals surface area contributed by atoms with Crippen LogP contribution in [0.1, 0.15) is 33.3 Å². The standard InChI is InChI=1S/C17H24O4/c1-16(2)15(21-16)14(13-11-19-17(3,4)20-13)18-10-12-8-6-5-7-9-12/h5-9,13-15H,10-11H2,1-4H3/t13-,14+,15?/m1/s1. The van der Waals surface area contributed by atoms with Crippen LogP contribution in [0.4, 0.5) is 0 Å². The van der Waals surface area contributed by atoms with Gasteiger partial charge in [0.25, 0.3) is 0 Å². The Morgan fingerprint density at radius 1 is 1.14 bits per heavy atom. The fourth-order valence-corrected chi connectivity index (χ4v) is 2.79. The van der Waals surface area contributed by atoms with E-state index in [1.54, 1.807) is 0 Å². The Labute approximate surface area is 126 Å². The van der Waals surface area contributed by atoms with Gasteiger partial charge in [0.1, 0.15) is 18.3 Å². The maximum atomic E-state index is 6.13. The van der Waals surface area contributed by atoms with Crippen LogP contribution in [0.15, 0.2) is 30.3 Å². The first-order valence-electron chi connectivity index (χ1n) is 7.52. The minimum atomic E-state index is -0.544. The highest BCUT2D eigenvalue weighted by Gasteiger charge is 2.57. The number of benzene rings is 1. The normalized spacial score (nSPS) is 31.0. The molecule has 21 heavy (non-hydrogen) atoms. The van der Waals surface area contributed by atoms with E-state index in [1.807, 2.05) is 32.0 Å². The van der Waals surface area contributed by atoms with Crippen molar-refractivity contribution < 1.29 is 18.9 Å². The van der Waals surface area contributed by atoms with E-state index in [0.717, 1.165) is 5.56 Å². The van der Waals surface area contributed by atoms with Crippen LogP contribution in [0.5, 0.6) is 0 Å². The molecule has 3 atom stereocenters. The summed E-state index contributed by atoms with van der Waals surface area (Å²) in [5.41, 5.74) is 1.01. The molecular formula is C17H24O4. The Balaban J connectivity index is 1.66. The molecule has 2 saturated heterocycles. The molecule has 0 saturated carbocycles. The first kappa shape index (κ1) is 15.0. The molecule has 0 amide bonds. The zero-order chi connectivity index (χ0) is 15.1. The molecule has 0 aliphatic carbocycles. The third-order valence-corrected chi connectivity index (χ3v) is 4.04. The molecule has 2 aliphatic heterocycles. The van der Waals surface area contributed by atoms with Gasteiger partial charge in [-0.2, -0.15) is 0 Å². The lowest BCUT2D eigenvalue weighted by atomic mass is 10.0. The second-order valence-electron chi connectivity index (χ2n) is 6.77. The van der Waals surface area contributed by atoms with Crippen LogP contribution in [-0.2, 0) is 25.6 Å². The van der Waals surface area contributed by atoms with E-state index in [2.05, 4.69) is 26.0 Å². The van der Waals surface area contributed by atoms with Crippen molar-refractivity contribution in [3.8, 4) is 0 Å². The van der Waals surface area contributed by atoms with Crippen molar-refractivity contribution in [1.82, 2.24) is 0 Å². The average Bonchev–Trinajstić information content (AvgIpc) is 2.89. The summed E-state index contributed by atoms with van der Waals surface area (Å²) in [7, 11) is 0. The van der Waals surface area contributed by atoms with Gasteiger partial charge < -0.3 is 18.9 Å². The lowest BCUT2D eigenvalue weighted by Gasteiger charge is -2.24. The molecule has 1 unspecified atom stereocenters. The van der Waals surface area contributed by atoms with Crippen LogP contribution in [0.2, 0.25) is 0 Å². The summed E-state index contributed by atoms with van der Waals surface area (Å²) in [5, 5.41) is 0. The largest absolute Gasteiger partial charge is 0.368 e. The molecule has 1 aromatic rings. The van der Waals surface area contributed by atoms with Crippen molar-refractivity contribution >= 4 is 0 Å². The number of rotatable bonds is 5. The average molecular weight is 292 g/mol. The predicted molar refractivity (Wildman–Crippen MR) is 78.9 cm³/mol. The monoisotopic (exact) mass is 292 g/mol. The van der Waals surface area contributed by atoms with Crippen molar-refractivity contribution in [3.05, 3.63) is 35.9 Å². The SMILES string of the molecule is CC1(C)OC[C@H]([C@H](OCc2ccccc2)C2OC2(C)C)O1. The van der Waals surface area contributed by atoms with Gasteiger partial charge in [0.2, 0.25) is 0 Å². The summed E-state index contributed by atoms with van der Waals surface area (Å²) in [5.74, 6) is -0.544. The number of hydrogen-bond donors (Lipinski definition) is 0. The summed E-state index contributed by atoms with van der Waals surface area (Å²) in [6.07, 6.45) is -0.138. The van der Waals surface area contributed by atoms with E-state index < -0.39 is 5.79 Å². The second-order valence-corrected chi connectivity index (χ2v) is 6.77. The lowest BCUT2D eigenvalue weighted by Crippen LogP contribution is -2.39. The van der Waals surface area contributed by atoms with Crippen molar-refractivity contribution in [1.29, 1.82) is 0 Å². The fraction of sp³-hybridized carbons (Fsp3) is 0.647. The van der Waals surface area contributed by atoms with Gasteiger partial charge in [-0.1, -0.05) is 30.3 Å². The molecule has 116 valence electrons. The zero-order valence-electron chi connectivity index (χ0n) is 13.2. The summed E-state index contributed by atoms with van der Waals surface area (Å²) < 4.78 is 23.6. The Morgan fingerprint density at radius 3 is 2.33 bits per heavy atom.